The van der Waals surface area contributed by atoms with E-state index in [1.165, 1.54) is 38.5 Å². The second-order valence-electron chi connectivity index (χ2n) is 10.7. The van der Waals surface area contributed by atoms with Crippen LogP contribution < -0.4 is 0 Å². The average Bonchev–Trinajstić information content (AvgIpc) is 2.92. The largest absolute Gasteiger partial charge is 0.457 e. The zero-order valence-corrected chi connectivity index (χ0v) is 25.7. The molecule has 1 aliphatic heterocycles. The van der Waals surface area contributed by atoms with Gasteiger partial charge in [-0.25, -0.2) is 4.18 Å². The number of aliphatic hydroxyl groups is 3. The van der Waals surface area contributed by atoms with Crippen LogP contribution in [0.1, 0.15) is 110 Å². The number of carbonyl (C=O) groups excluding carboxylic acids is 1. The van der Waals surface area contributed by atoms with Crippen molar-refractivity contribution in [3.63, 3.8) is 0 Å². The molecule has 1 aliphatic rings. The van der Waals surface area contributed by atoms with E-state index in [1.54, 1.807) is 0 Å². The van der Waals surface area contributed by atoms with Gasteiger partial charge in [0, 0.05) is 13.0 Å². The summed E-state index contributed by atoms with van der Waals surface area (Å²) in [5, 5.41) is 30.2. The van der Waals surface area contributed by atoms with E-state index in [1.807, 2.05) is 0 Å². The predicted molar refractivity (Wildman–Crippen MR) is 151 cm³/mol. The number of hydrogen-bond acceptors (Lipinski definition) is 11. The SMILES string of the molecule is CCCCCCCCCCOCC(COC1OC(CO)C(O)C(OS(=O)(=O)O)C1O)OC(=O)CCCCCCCC. The minimum absolute atomic E-state index is 0.0402. The fraction of sp³-hybridized carbons (Fsp3) is 0.964. The second kappa shape index (κ2) is 22.6. The third kappa shape index (κ3) is 17.7. The first-order valence-electron chi connectivity index (χ1n) is 15.3. The van der Waals surface area contributed by atoms with Crippen LogP contribution in [0.2, 0.25) is 0 Å². The fourth-order valence-electron chi connectivity index (χ4n) is 4.61. The Bertz CT molecular complexity index is 765. The topological polar surface area (TPSA) is 178 Å². The molecule has 12 nitrogen and oxygen atoms in total. The van der Waals surface area contributed by atoms with Gasteiger partial charge in [-0.15, -0.1) is 0 Å². The molecule has 6 unspecified atom stereocenters. The van der Waals surface area contributed by atoms with E-state index in [2.05, 4.69) is 18.0 Å². The molecule has 0 bridgehead atoms. The molecule has 0 amide bonds. The van der Waals surface area contributed by atoms with Crippen LogP contribution in [-0.2, 0) is 38.3 Å². The van der Waals surface area contributed by atoms with Crippen LogP contribution in [0.15, 0.2) is 0 Å². The molecule has 0 radical (unpaired) electrons. The fourth-order valence-corrected chi connectivity index (χ4v) is 5.12. The Balaban J connectivity index is 2.63. The highest BCUT2D eigenvalue weighted by Gasteiger charge is 2.48. The Kier molecular flexibility index (Phi) is 21.0. The molecule has 244 valence electrons. The lowest BCUT2D eigenvalue weighted by atomic mass is 9.99. The van der Waals surface area contributed by atoms with Crippen molar-refractivity contribution in [2.24, 2.45) is 0 Å². The number of carbonyl (C=O) groups is 1. The lowest BCUT2D eigenvalue weighted by Crippen LogP contribution is -2.60. The summed E-state index contributed by atoms with van der Waals surface area (Å²) < 4.78 is 58.1. The maximum atomic E-state index is 12.5. The Hall–Kier alpha value is -0.900. The molecule has 0 aromatic heterocycles. The number of hydrogen-bond donors (Lipinski definition) is 4. The lowest BCUT2D eigenvalue weighted by Gasteiger charge is -2.41. The molecule has 0 saturated carbocycles. The van der Waals surface area contributed by atoms with Gasteiger partial charge in [-0.1, -0.05) is 90.9 Å². The Morgan fingerprint density at radius 3 is 1.95 bits per heavy atom. The van der Waals surface area contributed by atoms with E-state index in [9.17, 15) is 28.5 Å². The van der Waals surface area contributed by atoms with Crippen LogP contribution in [0.4, 0.5) is 0 Å². The van der Waals surface area contributed by atoms with Gasteiger partial charge in [0.05, 0.1) is 19.8 Å². The van der Waals surface area contributed by atoms with Gasteiger partial charge in [0.15, 0.2) is 6.29 Å². The lowest BCUT2D eigenvalue weighted by molar-refractivity contribution is -0.301. The molecular formula is C28H54O12S. The molecule has 6 atom stereocenters. The van der Waals surface area contributed by atoms with Crippen LogP contribution in [0.25, 0.3) is 0 Å². The van der Waals surface area contributed by atoms with Crippen molar-refractivity contribution >= 4 is 16.4 Å². The van der Waals surface area contributed by atoms with Gasteiger partial charge in [-0.05, 0) is 12.8 Å². The smallest absolute Gasteiger partial charge is 0.397 e. The molecule has 4 N–H and O–H groups in total. The molecular weight excluding hydrogens is 560 g/mol. The Morgan fingerprint density at radius 1 is 0.829 bits per heavy atom. The van der Waals surface area contributed by atoms with Crippen molar-refractivity contribution in [2.45, 2.75) is 147 Å². The third-order valence-corrected chi connectivity index (χ3v) is 7.44. The van der Waals surface area contributed by atoms with E-state index in [0.717, 1.165) is 44.9 Å². The van der Waals surface area contributed by atoms with Gasteiger partial charge in [0.1, 0.15) is 30.5 Å². The highest BCUT2D eigenvalue weighted by Crippen LogP contribution is 2.26. The van der Waals surface area contributed by atoms with Gasteiger partial charge in [0.2, 0.25) is 0 Å². The summed E-state index contributed by atoms with van der Waals surface area (Å²) in [4.78, 5) is 12.5. The van der Waals surface area contributed by atoms with Crippen LogP contribution >= 0.6 is 0 Å². The summed E-state index contributed by atoms with van der Waals surface area (Å²) in [6.07, 6.45) is 6.36. The normalized spacial score (nSPS) is 23.9. The van der Waals surface area contributed by atoms with E-state index < -0.39 is 59.8 Å². The van der Waals surface area contributed by atoms with Gasteiger partial charge in [-0.3, -0.25) is 9.35 Å². The monoisotopic (exact) mass is 614 g/mol. The molecule has 0 aliphatic carbocycles. The maximum absolute atomic E-state index is 12.5. The Labute approximate surface area is 246 Å². The van der Waals surface area contributed by atoms with Gasteiger partial charge < -0.3 is 34.3 Å². The van der Waals surface area contributed by atoms with Crippen molar-refractivity contribution in [3.8, 4) is 0 Å². The van der Waals surface area contributed by atoms with Gasteiger partial charge >= 0.3 is 16.4 Å². The summed E-state index contributed by atoms with van der Waals surface area (Å²) in [6, 6.07) is 0. The summed E-state index contributed by atoms with van der Waals surface area (Å²) in [7, 11) is -5.04. The zero-order valence-electron chi connectivity index (χ0n) is 24.9. The summed E-state index contributed by atoms with van der Waals surface area (Å²) >= 11 is 0. The Morgan fingerprint density at radius 2 is 1.39 bits per heavy atom. The van der Waals surface area contributed by atoms with Crippen molar-refractivity contribution in [2.75, 3.05) is 26.4 Å². The molecule has 41 heavy (non-hydrogen) atoms. The molecule has 0 aromatic rings. The highest BCUT2D eigenvalue weighted by molar-refractivity contribution is 7.80. The van der Waals surface area contributed by atoms with Crippen molar-refractivity contribution < 1.29 is 56.2 Å². The number of rotatable bonds is 25. The quantitative estimate of drug-likeness (QED) is 0.0670. The second-order valence-corrected chi connectivity index (χ2v) is 11.8. The number of esters is 1. The van der Waals surface area contributed by atoms with Crippen molar-refractivity contribution in [1.82, 2.24) is 0 Å². The van der Waals surface area contributed by atoms with Gasteiger partial charge in [-0.2, -0.15) is 8.42 Å². The first-order chi connectivity index (χ1) is 19.6. The van der Waals surface area contributed by atoms with Crippen LogP contribution in [0.5, 0.6) is 0 Å². The summed E-state index contributed by atoms with van der Waals surface area (Å²) in [5.41, 5.74) is 0. The maximum Gasteiger partial charge on any atom is 0.397 e. The highest BCUT2D eigenvalue weighted by atomic mass is 32.3. The summed E-state index contributed by atoms with van der Waals surface area (Å²) in [6.45, 7) is 3.84. The van der Waals surface area contributed by atoms with Crippen molar-refractivity contribution in [3.05, 3.63) is 0 Å². The molecule has 1 rings (SSSR count). The molecule has 13 heteroatoms. The summed E-state index contributed by atoms with van der Waals surface area (Å²) in [5.74, 6) is -0.411. The van der Waals surface area contributed by atoms with E-state index >= 15 is 0 Å². The van der Waals surface area contributed by atoms with Crippen LogP contribution in [-0.4, -0.2) is 97.5 Å². The molecule has 1 fully saturated rings. The number of aliphatic hydroxyl groups excluding tert-OH is 3. The standard InChI is InChI=1S/C28H54O12S/c1-3-5-7-9-11-12-14-16-18-36-20-22(38-24(30)17-15-13-10-8-6-4-2)21-37-28-26(32)27(40-41(33,34)35)25(31)23(19-29)39-28/h22-23,25-29,31-32H,3-21H2,1-2H3,(H,33,34,35). The molecule has 1 saturated heterocycles. The molecule has 0 aromatic carbocycles. The first-order valence-corrected chi connectivity index (χ1v) is 16.7. The molecule has 0 spiro atoms. The number of ether oxygens (including phenoxy) is 4. The third-order valence-electron chi connectivity index (χ3n) is 6.98. The molecule has 1 heterocycles. The van der Waals surface area contributed by atoms with E-state index in [0.29, 0.717) is 13.0 Å². The number of unbranched alkanes of at least 4 members (excludes halogenated alkanes) is 12. The van der Waals surface area contributed by atoms with E-state index in [-0.39, 0.29) is 19.6 Å². The average molecular weight is 615 g/mol. The van der Waals surface area contributed by atoms with Crippen LogP contribution in [0, 0.1) is 0 Å². The van der Waals surface area contributed by atoms with Gasteiger partial charge in [0.25, 0.3) is 0 Å². The first kappa shape index (κ1) is 38.1. The van der Waals surface area contributed by atoms with Crippen molar-refractivity contribution in [1.29, 1.82) is 0 Å². The van der Waals surface area contributed by atoms with E-state index in [4.69, 9.17) is 23.5 Å². The minimum atomic E-state index is -5.04. The van der Waals surface area contributed by atoms with Crippen LogP contribution in [0.3, 0.4) is 0 Å². The predicted octanol–water partition coefficient (Wildman–Crippen LogP) is 3.45. The minimum Gasteiger partial charge on any atom is -0.457 e. The zero-order chi connectivity index (χ0) is 30.5.